The van der Waals surface area contributed by atoms with Crippen LogP contribution >= 0.6 is 0 Å². The molecule has 0 radical (unpaired) electrons. The molecule has 1 aromatic rings. The van der Waals surface area contributed by atoms with E-state index in [9.17, 15) is 0 Å². The van der Waals surface area contributed by atoms with Crippen LogP contribution in [0.5, 0.6) is 0 Å². The van der Waals surface area contributed by atoms with Gasteiger partial charge in [-0.3, -0.25) is 0 Å². The third-order valence-corrected chi connectivity index (χ3v) is 1.49. The molecule has 12 heavy (non-hydrogen) atoms. The van der Waals surface area contributed by atoms with Crippen LogP contribution in [0.15, 0.2) is 12.4 Å². The van der Waals surface area contributed by atoms with Crippen LogP contribution in [-0.4, -0.2) is 24.2 Å². The number of ether oxygens (including phenoxy) is 2. The van der Waals surface area contributed by atoms with Crippen molar-refractivity contribution in [2.24, 2.45) is 0 Å². The minimum Gasteiger partial charge on any atom is -0.350 e. The van der Waals surface area contributed by atoms with Gasteiger partial charge in [-0.05, 0) is 13.0 Å². The molecule has 0 aliphatic carbocycles. The Bertz CT molecular complexity index is 249. The van der Waals surface area contributed by atoms with Crippen LogP contribution < -0.4 is 0 Å². The van der Waals surface area contributed by atoms with Crippen LogP contribution in [0.25, 0.3) is 0 Å². The molecule has 0 aliphatic heterocycles. The van der Waals surface area contributed by atoms with Crippen molar-refractivity contribution in [1.29, 1.82) is 0 Å². The van der Waals surface area contributed by atoms with Crippen molar-refractivity contribution < 1.29 is 9.47 Å². The highest BCUT2D eigenvalue weighted by atomic mass is 16.7. The second-order valence-electron chi connectivity index (χ2n) is 2.39. The summed E-state index contributed by atoms with van der Waals surface area (Å²) in [6.45, 7) is 1.90. The first-order chi connectivity index (χ1) is 5.77. The lowest BCUT2D eigenvalue weighted by Gasteiger charge is -2.11. The Morgan fingerprint density at radius 1 is 1.25 bits per heavy atom. The van der Waals surface area contributed by atoms with Crippen molar-refractivity contribution in [2.75, 3.05) is 14.2 Å². The highest BCUT2D eigenvalue weighted by molar-refractivity contribution is 5.07. The molecular weight excluding hydrogens is 156 g/mol. The number of hydrogen-bond donors (Lipinski definition) is 0. The van der Waals surface area contributed by atoms with Gasteiger partial charge in [-0.2, -0.15) is 0 Å². The van der Waals surface area contributed by atoms with Crippen LogP contribution in [0.4, 0.5) is 0 Å². The van der Waals surface area contributed by atoms with Gasteiger partial charge in [0.25, 0.3) is 0 Å². The molecule has 0 amide bonds. The minimum absolute atomic E-state index is 0.397. The van der Waals surface area contributed by atoms with Crippen LogP contribution in [-0.2, 0) is 9.47 Å². The summed E-state index contributed by atoms with van der Waals surface area (Å²) in [5.74, 6) is 0. The van der Waals surface area contributed by atoms with E-state index < -0.39 is 6.29 Å². The van der Waals surface area contributed by atoms with Crippen LogP contribution in [0.1, 0.15) is 17.7 Å². The van der Waals surface area contributed by atoms with Gasteiger partial charge in [-0.25, -0.2) is 9.97 Å². The molecule has 0 N–H and O–H groups in total. The molecule has 0 spiro atoms. The number of aryl methyl sites for hydroxylation is 1. The summed E-state index contributed by atoms with van der Waals surface area (Å²) < 4.78 is 10.1. The van der Waals surface area contributed by atoms with Crippen molar-refractivity contribution in [2.45, 2.75) is 13.2 Å². The van der Waals surface area contributed by atoms with E-state index in [1.807, 2.05) is 13.0 Å². The van der Waals surface area contributed by atoms with E-state index in [-0.39, 0.29) is 0 Å². The summed E-state index contributed by atoms with van der Waals surface area (Å²) in [4.78, 5) is 7.99. The van der Waals surface area contributed by atoms with Gasteiger partial charge in [0.1, 0.15) is 6.33 Å². The summed E-state index contributed by atoms with van der Waals surface area (Å²) in [7, 11) is 3.15. The lowest BCUT2D eigenvalue weighted by Crippen LogP contribution is -2.06. The molecule has 0 saturated carbocycles. The van der Waals surface area contributed by atoms with Crippen LogP contribution in [0.3, 0.4) is 0 Å². The molecule has 0 bridgehead atoms. The van der Waals surface area contributed by atoms with Crippen molar-refractivity contribution >= 4 is 0 Å². The third kappa shape index (κ3) is 1.99. The van der Waals surface area contributed by atoms with Crippen LogP contribution in [0.2, 0.25) is 0 Å². The largest absolute Gasteiger partial charge is 0.350 e. The fourth-order valence-corrected chi connectivity index (χ4v) is 0.942. The fourth-order valence-electron chi connectivity index (χ4n) is 0.942. The van der Waals surface area contributed by atoms with E-state index >= 15 is 0 Å². The first-order valence-corrected chi connectivity index (χ1v) is 3.62. The first-order valence-electron chi connectivity index (χ1n) is 3.62. The number of aromatic nitrogens is 2. The smallest absolute Gasteiger partial charge is 0.200 e. The van der Waals surface area contributed by atoms with Gasteiger partial charge in [-0.15, -0.1) is 0 Å². The van der Waals surface area contributed by atoms with E-state index in [4.69, 9.17) is 9.47 Å². The van der Waals surface area contributed by atoms with Crippen molar-refractivity contribution in [3.8, 4) is 0 Å². The predicted octanol–water partition coefficient (Wildman–Crippen LogP) is 1.08. The molecule has 0 atom stereocenters. The molecule has 1 rings (SSSR count). The molecule has 0 fully saturated rings. The quantitative estimate of drug-likeness (QED) is 0.633. The summed E-state index contributed by atoms with van der Waals surface area (Å²) >= 11 is 0. The van der Waals surface area contributed by atoms with E-state index in [1.165, 1.54) is 6.33 Å². The average molecular weight is 168 g/mol. The second-order valence-corrected chi connectivity index (χ2v) is 2.39. The van der Waals surface area contributed by atoms with Crippen molar-refractivity contribution in [1.82, 2.24) is 9.97 Å². The van der Waals surface area contributed by atoms with Gasteiger partial charge in [-0.1, -0.05) is 0 Å². The molecule has 1 heterocycles. The van der Waals surface area contributed by atoms with Gasteiger partial charge >= 0.3 is 0 Å². The number of hydrogen-bond acceptors (Lipinski definition) is 4. The normalized spacial score (nSPS) is 10.7. The van der Waals surface area contributed by atoms with Crippen molar-refractivity contribution in [3.63, 3.8) is 0 Å². The number of nitrogens with zero attached hydrogens (tertiary/aromatic N) is 2. The van der Waals surface area contributed by atoms with Gasteiger partial charge in [0.2, 0.25) is 6.29 Å². The summed E-state index contributed by atoms with van der Waals surface area (Å²) in [5, 5.41) is 0. The first kappa shape index (κ1) is 9.09. The minimum atomic E-state index is -0.397. The Labute approximate surface area is 71.6 Å². The maximum absolute atomic E-state index is 5.03. The SMILES string of the molecule is COC(OC)c1cc(C)ncn1. The summed E-state index contributed by atoms with van der Waals surface area (Å²) in [6.07, 6.45) is 1.10. The summed E-state index contributed by atoms with van der Waals surface area (Å²) in [6, 6.07) is 1.83. The molecule has 0 aromatic carbocycles. The Morgan fingerprint density at radius 2 is 1.92 bits per heavy atom. The third-order valence-electron chi connectivity index (χ3n) is 1.49. The molecule has 4 heteroatoms. The standard InChI is InChI=1S/C8H12N2O2/c1-6-4-7(10-5-9-6)8(11-2)12-3/h4-5,8H,1-3H3. The number of methoxy groups -OCH3 is 2. The predicted molar refractivity (Wildman–Crippen MR) is 43.5 cm³/mol. The zero-order valence-electron chi connectivity index (χ0n) is 7.44. The van der Waals surface area contributed by atoms with E-state index in [1.54, 1.807) is 14.2 Å². The highest BCUT2D eigenvalue weighted by Gasteiger charge is 2.09. The van der Waals surface area contributed by atoms with Gasteiger partial charge in [0, 0.05) is 19.9 Å². The second kappa shape index (κ2) is 4.13. The van der Waals surface area contributed by atoms with Gasteiger partial charge in [0.15, 0.2) is 0 Å². The number of rotatable bonds is 3. The Morgan fingerprint density at radius 3 is 2.42 bits per heavy atom. The Kier molecular flexibility index (Phi) is 3.13. The zero-order valence-corrected chi connectivity index (χ0v) is 7.44. The molecule has 1 aromatic heterocycles. The highest BCUT2D eigenvalue weighted by Crippen LogP contribution is 2.13. The maximum atomic E-state index is 5.03. The Hall–Kier alpha value is -1.00. The van der Waals surface area contributed by atoms with E-state index in [0.717, 1.165) is 11.4 Å². The van der Waals surface area contributed by atoms with Crippen LogP contribution in [0, 0.1) is 6.92 Å². The molecule has 0 unspecified atom stereocenters. The van der Waals surface area contributed by atoms with Gasteiger partial charge < -0.3 is 9.47 Å². The van der Waals surface area contributed by atoms with E-state index in [2.05, 4.69) is 9.97 Å². The van der Waals surface area contributed by atoms with E-state index in [0.29, 0.717) is 0 Å². The summed E-state index contributed by atoms with van der Waals surface area (Å²) in [5.41, 5.74) is 1.65. The molecule has 4 nitrogen and oxygen atoms in total. The van der Waals surface area contributed by atoms with Crippen molar-refractivity contribution in [3.05, 3.63) is 23.8 Å². The monoisotopic (exact) mass is 168 g/mol. The lowest BCUT2D eigenvalue weighted by atomic mass is 10.3. The Balaban J connectivity index is 2.85. The zero-order chi connectivity index (χ0) is 8.97. The van der Waals surface area contributed by atoms with Gasteiger partial charge in [0.05, 0.1) is 5.69 Å². The topological polar surface area (TPSA) is 44.2 Å². The maximum Gasteiger partial charge on any atom is 0.200 e. The lowest BCUT2D eigenvalue weighted by molar-refractivity contribution is -0.108. The average Bonchev–Trinajstić information content (AvgIpc) is 2.07. The molecule has 0 aliphatic rings. The molecule has 0 saturated heterocycles. The fraction of sp³-hybridized carbons (Fsp3) is 0.500. The molecule has 66 valence electrons. The molecular formula is C8H12N2O2.